The van der Waals surface area contributed by atoms with Crippen molar-refractivity contribution in [2.45, 2.75) is 45.6 Å². The molecule has 0 saturated carbocycles. The summed E-state index contributed by atoms with van der Waals surface area (Å²) in [5, 5.41) is 5.19. The van der Waals surface area contributed by atoms with Crippen molar-refractivity contribution >= 4 is 39.1 Å². The van der Waals surface area contributed by atoms with Gasteiger partial charge in [-0.25, -0.2) is 9.97 Å². The van der Waals surface area contributed by atoms with Crippen LogP contribution in [-0.2, 0) is 13.0 Å². The number of nitrogens with zero attached hydrogens (tertiary/aromatic N) is 3. The van der Waals surface area contributed by atoms with Crippen LogP contribution in [0.15, 0.2) is 28.4 Å². The highest BCUT2D eigenvalue weighted by atomic mass is 32.1. The molecule has 1 aliphatic heterocycles. The van der Waals surface area contributed by atoms with E-state index >= 15 is 0 Å². The quantitative estimate of drug-likeness (QED) is 0.685. The number of benzene rings is 1. The molecular formula is C20H20N4O3S. The molecule has 1 N–H and O–H groups in total. The Morgan fingerprint density at radius 2 is 1.96 bits per heavy atom. The lowest BCUT2D eigenvalue weighted by atomic mass is 10.1. The summed E-state index contributed by atoms with van der Waals surface area (Å²) >= 11 is 1.20. The number of aryl methyl sites for hydroxylation is 1. The molecule has 8 heteroatoms. The SMILES string of the molecule is CC(=O)c1csc(NC(=O)c2ccc3c(=O)n4c(nc3c2)CCCCCC4)n1. The van der Waals surface area contributed by atoms with Crippen molar-refractivity contribution in [3.8, 4) is 0 Å². The van der Waals surface area contributed by atoms with Gasteiger partial charge in [-0.2, -0.15) is 0 Å². The molecular weight excluding hydrogens is 376 g/mol. The molecule has 144 valence electrons. The summed E-state index contributed by atoms with van der Waals surface area (Å²) < 4.78 is 1.78. The van der Waals surface area contributed by atoms with E-state index in [1.54, 1.807) is 28.1 Å². The second kappa shape index (κ2) is 7.63. The standard InChI is InChI=1S/C20H20N4O3S/c1-12(25)16-11-28-20(22-16)23-18(26)13-7-8-14-15(10-13)21-17-6-4-2-3-5-9-24(17)19(14)27/h7-8,10-11H,2-6,9H2,1H3,(H,22,23,26). The Labute approximate surface area is 165 Å². The van der Waals surface area contributed by atoms with Crippen LogP contribution in [0.3, 0.4) is 0 Å². The van der Waals surface area contributed by atoms with E-state index in [0.29, 0.717) is 33.8 Å². The molecule has 0 atom stereocenters. The maximum absolute atomic E-state index is 12.9. The molecule has 3 aromatic rings. The second-order valence-corrected chi connectivity index (χ2v) is 7.79. The molecule has 0 unspecified atom stereocenters. The van der Waals surface area contributed by atoms with Crippen LogP contribution in [0.25, 0.3) is 10.9 Å². The minimum absolute atomic E-state index is 0.0418. The highest BCUT2D eigenvalue weighted by molar-refractivity contribution is 7.14. The van der Waals surface area contributed by atoms with Crippen LogP contribution in [0.5, 0.6) is 0 Å². The molecule has 2 aromatic heterocycles. The van der Waals surface area contributed by atoms with Gasteiger partial charge in [0.05, 0.1) is 10.9 Å². The van der Waals surface area contributed by atoms with E-state index in [0.717, 1.165) is 37.9 Å². The van der Waals surface area contributed by atoms with Crippen molar-refractivity contribution in [3.05, 3.63) is 51.0 Å². The van der Waals surface area contributed by atoms with Crippen LogP contribution >= 0.6 is 11.3 Å². The Balaban J connectivity index is 1.66. The van der Waals surface area contributed by atoms with Gasteiger partial charge in [-0.3, -0.25) is 24.3 Å². The second-order valence-electron chi connectivity index (χ2n) is 6.93. The van der Waals surface area contributed by atoms with E-state index in [4.69, 9.17) is 0 Å². The van der Waals surface area contributed by atoms with Crippen LogP contribution in [-0.4, -0.2) is 26.2 Å². The van der Waals surface area contributed by atoms with Crippen LogP contribution in [0.1, 0.15) is 59.3 Å². The largest absolute Gasteiger partial charge is 0.298 e. The summed E-state index contributed by atoms with van der Waals surface area (Å²) in [6, 6.07) is 4.93. The first-order valence-electron chi connectivity index (χ1n) is 9.34. The van der Waals surface area contributed by atoms with Gasteiger partial charge in [-0.05, 0) is 31.0 Å². The number of ketones is 1. The third kappa shape index (κ3) is 3.60. The van der Waals surface area contributed by atoms with Gasteiger partial charge < -0.3 is 0 Å². The van der Waals surface area contributed by atoms with Crippen molar-refractivity contribution in [2.75, 3.05) is 5.32 Å². The average molecular weight is 396 g/mol. The van der Waals surface area contributed by atoms with Crippen LogP contribution in [0.4, 0.5) is 5.13 Å². The number of thiazole rings is 1. The molecule has 0 radical (unpaired) electrons. The number of fused-ring (bicyclic) bond motifs is 2. The van der Waals surface area contributed by atoms with Gasteiger partial charge >= 0.3 is 0 Å². The molecule has 1 aromatic carbocycles. The smallest absolute Gasteiger partial charge is 0.261 e. The zero-order valence-corrected chi connectivity index (χ0v) is 16.3. The topological polar surface area (TPSA) is 94.0 Å². The molecule has 1 amide bonds. The number of Topliss-reactive ketones (excluding diaryl/α,β-unsaturated/α-hetero) is 1. The molecule has 0 saturated heterocycles. The highest BCUT2D eigenvalue weighted by Gasteiger charge is 2.16. The number of carbonyl (C=O) groups excluding carboxylic acids is 2. The predicted molar refractivity (Wildman–Crippen MR) is 108 cm³/mol. The Bertz CT molecular complexity index is 1130. The molecule has 4 rings (SSSR count). The third-order valence-corrected chi connectivity index (χ3v) is 5.67. The van der Waals surface area contributed by atoms with Crippen LogP contribution in [0, 0.1) is 0 Å². The fraction of sp³-hybridized carbons (Fsp3) is 0.350. The summed E-state index contributed by atoms with van der Waals surface area (Å²) in [6.45, 7) is 2.13. The molecule has 0 fully saturated rings. The van der Waals surface area contributed by atoms with Crippen molar-refractivity contribution in [3.63, 3.8) is 0 Å². The minimum Gasteiger partial charge on any atom is -0.298 e. The Morgan fingerprint density at radius 3 is 2.75 bits per heavy atom. The maximum Gasteiger partial charge on any atom is 0.261 e. The monoisotopic (exact) mass is 396 g/mol. The van der Waals surface area contributed by atoms with Crippen molar-refractivity contribution in [2.24, 2.45) is 0 Å². The summed E-state index contributed by atoms with van der Waals surface area (Å²) in [7, 11) is 0. The number of carbonyl (C=O) groups is 2. The van der Waals surface area contributed by atoms with Gasteiger partial charge in [0.1, 0.15) is 11.5 Å². The van der Waals surface area contributed by atoms with Gasteiger partial charge in [-0.15, -0.1) is 11.3 Å². The van der Waals surface area contributed by atoms with E-state index in [1.807, 2.05) is 0 Å². The lowest BCUT2D eigenvalue weighted by molar-refractivity contribution is 0.100. The van der Waals surface area contributed by atoms with E-state index < -0.39 is 0 Å². The van der Waals surface area contributed by atoms with Crippen molar-refractivity contribution in [1.29, 1.82) is 0 Å². The van der Waals surface area contributed by atoms with Crippen LogP contribution < -0.4 is 10.9 Å². The van der Waals surface area contributed by atoms with Gasteiger partial charge in [0, 0.05) is 30.8 Å². The van der Waals surface area contributed by atoms with E-state index in [9.17, 15) is 14.4 Å². The number of aromatic nitrogens is 3. The number of hydrogen-bond donors (Lipinski definition) is 1. The number of amides is 1. The minimum atomic E-state index is -0.347. The van der Waals surface area contributed by atoms with Crippen LogP contribution in [0.2, 0.25) is 0 Å². The van der Waals surface area contributed by atoms with Gasteiger partial charge in [0.2, 0.25) is 0 Å². The molecule has 0 spiro atoms. The zero-order valence-electron chi connectivity index (χ0n) is 15.5. The average Bonchev–Trinajstić information content (AvgIpc) is 3.12. The number of nitrogens with one attached hydrogen (secondary N) is 1. The molecule has 3 heterocycles. The summed E-state index contributed by atoms with van der Waals surface area (Å²) in [5.74, 6) is 0.296. The van der Waals surface area contributed by atoms with Crippen molar-refractivity contribution in [1.82, 2.24) is 14.5 Å². The lowest BCUT2D eigenvalue weighted by Crippen LogP contribution is -2.26. The van der Waals surface area contributed by atoms with E-state index in [-0.39, 0.29) is 17.2 Å². The highest BCUT2D eigenvalue weighted by Crippen LogP contribution is 2.19. The summed E-state index contributed by atoms with van der Waals surface area (Å²) in [5.41, 5.74) is 1.22. The molecule has 1 aliphatic rings. The first-order chi connectivity index (χ1) is 13.5. The molecule has 28 heavy (non-hydrogen) atoms. The molecule has 7 nitrogen and oxygen atoms in total. The zero-order chi connectivity index (χ0) is 19.7. The van der Waals surface area contributed by atoms with E-state index in [1.165, 1.54) is 18.3 Å². The van der Waals surface area contributed by atoms with Gasteiger partial charge in [-0.1, -0.05) is 12.8 Å². The Hall–Kier alpha value is -2.87. The lowest BCUT2D eigenvalue weighted by Gasteiger charge is -2.16. The Morgan fingerprint density at radius 1 is 1.14 bits per heavy atom. The number of anilines is 1. The van der Waals surface area contributed by atoms with Gasteiger partial charge in [0.25, 0.3) is 11.5 Å². The first kappa shape index (κ1) is 18.5. The molecule has 0 bridgehead atoms. The summed E-state index contributed by atoms with van der Waals surface area (Å²) in [6.07, 6.45) is 5.05. The first-order valence-corrected chi connectivity index (χ1v) is 10.2. The van der Waals surface area contributed by atoms with Gasteiger partial charge in [0.15, 0.2) is 10.9 Å². The van der Waals surface area contributed by atoms with E-state index in [2.05, 4.69) is 15.3 Å². The summed E-state index contributed by atoms with van der Waals surface area (Å²) in [4.78, 5) is 45.6. The number of rotatable bonds is 3. The normalized spacial score (nSPS) is 14.2. The maximum atomic E-state index is 12.9. The fourth-order valence-corrected chi connectivity index (χ4v) is 4.14. The predicted octanol–water partition coefficient (Wildman–Crippen LogP) is 3.42. The van der Waals surface area contributed by atoms with Crippen molar-refractivity contribution < 1.29 is 9.59 Å². The number of hydrogen-bond acceptors (Lipinski definition) is 6. The molecule has 0 aliphatic carbocycles. The Kier molecular flexibility index (Phi) is 5.04. The fourth-order valence-electron chi connectivity index (χ4n) is 3.40. The third-order valence-electron chi connectivity index (χ3n) is 4.91.